The molecule has 0 heterocycles. The SMILES string of the molecule is CC1CCC(OCCNC(C2CC2)C2CC2)CC1. The van der Waals surface area contributed by atoms with Gasteiger partial charge in [0.05, 0.1) is 12.7 Å². The largest absolute Gasteiger partial charge is 0.377 e. The van der Waals surface area contributed by atoms with Crippen molar-refractivity contribution in [3.8, 4) is 0 Å². The van der Waals surface area contributed by atoms with Gasteiger partial charge >= 0.3 is 0 Å². The lowest BCUT2D eigenvalue weighted by molar-refractivity contribution is 0.0203. The zero-order valence-electron chi connectivity index (χ0n) is 11.9. The second-order valence-electron chi connectivity index (χ2n) is 6.91. The predicted octanol–water partition coefficient (Wildman–Crippen LogP) is 3.36. The summed E-state index contributed by atoms with van der Waals surface area (Å²) in [5.74, 6) is 2.94. The van der Waals surface area contributed by atoms with Crippen LogP contribution < -0.4 is 5.32 Å². The second kappa shape index (κ2) is 5.92. The van der Waals surface area contributed by atoms with E-state index in [9.17, 15) is 0 Å². The molecule has 0 aliphatic heterocycles. The Balaban J connectivity index is 1.27. The van der Waals surface area contributed by atoms with Gasteiger partial charge in [0.1, 0.15) is 0 Å². The molecule has 3 aliphatic rings. The lowest BCUT2D eigenvalue weighted by Crippen LogP contribution is -2.36. The van der Waals surface area contributed by atoms with Crippen LogP contribution in [0.25, 0.3) is 0 Å². The van der Waals surface area contributed by atoms with Gasteiger partial charge in [0, 0.05) is 12.6 Å². The summed E-state index contributed by atoms with van der Waals surface area (Å²) >= 11 is 0. The van der Waals surface area contributed by atoms with Crippen LogP contribution in [0.3, 0.4) is 0 Å². The molecule has 0 aromatic carbocycles. The highest BCUT2D eigenvalue weighted by atomic mass is 16.5. The van der Waals surface area contributed by atoms with Crippen molar-refractivity contribution in [2.45, 2.75) is 70.4 Å². The Kier molecular flexibility index (Phi) is 4.25. The smallest absolute Gasteiger partial charge is 0.0594 e. The molecule has 0 bridgehead atoms. The van der Waals surface area contributed by atoms with Crippen molar-refractivity contribution in [2.75, 3.05) is 13.2 Å². The van der Waals surface area contributed by atoms with E-state index in [0.717, 1.165) is 36.9 Å². The van der Waals surface area contributed by atoms with Crippen LogP contribution in [-0.2, 0) is 4.74 Å². The van der Waals surface area contributed by atoms with Crippen molar-refractivity contribution < 1.29 is 4.74 Å². The van der Waals surface area contributed by atoms with E-state index in [1.807, 2.05) is 0 Å². The van der Waals surface area contributed by atoms with Crippen LogP contribution in [0.4, 0.5) is 0 Å². The number of nitrogens with one attached hydrogen (secondary N) is 1. The fourth-order valence-electron chi connectivity index (χ4n) is 3.48. The van der Waals surface area contributed by atoms with Crippen LogP contribution in [0.15, 0.2) is 0 Å². The van der Waals surface area contributed by atoms with Crippen LogP contribution >= 0.6 is 0 Å². The first-order valence-electron chi connectivity index (χ1n) is 8.18. The van der Waals surface area contributed by atoms with Gasteiger partial charge in [-0.25, -0.2) is 0 Å². The van der Waals surface area contributed by atoms with Gasteiger partial charge in [-0.15, -0.1) is 0 Å². The molecule has 104 valence electrons. The van der Waals surface area contributed by atoms with E-state index in [2.05, 4.69) is 12.2 Å². The van der Waals surface area contributed by atoms with Gasteiger partial charge in [0.2, 0.25) is 0 Å². The molecule has 0 aromatic rings. The summed E-state index contributed by atoms with van der Waals surface area (Å²) in [6.45, 7) is 4.37. The lowest BCUT2D eigenvalue weighted by atomic mass is 9.89. The zero-order chi connectivity index (χ0) is 12.4. The van der Waals surface area contributed by atoms with Crippen LogP contribution in [0, 0.1) is 17.8 Å². The van der Waals surface area contributed by atoms with E-state index in [0.29, 0.717) is 6.10 Å². The summed E-state index contributed by atoms with van der Waals surface area (Å²) in [5, 5.41) is 3.77. The van der Waals surface area contributed by atoms with E-state index >= 15 is 0 Å². The van der Waals surface area contributed by atoms with E-state index < -0.39 is 0 Å². The Morgan fingerprint density at radius 3 is 2.11 bits per heavy atom. The fraction of sp³-hybridized carbons (Fsp3) is 1.00. The molecule has 0 unspecified atom stereocenters. The Bertz CT molecular complexity index is 240. The minimum Gasteiger partial charge on any atom is -0.377 e. The third-order valence-corrected chi connectivity index (χ3v) is 5.06. The van der Waals surface area contributed by atoms with E-state index in [-0.39, 0.29) is 0 Å². The minimum atomic E-state index is 0.559. The maximum absolute atomic E-state index is 6.02. The molecule has 3 saturated carbocycles. The van der Waals surface area contributed by atoms with Gasteiger partial charge in [0.25, 0.3) is 0 Å². The monoisotopic (exact) mass is 251 g/mol. The predicted molar refractivity (Wildman–Crippen MR) is 74.6 cm³/mol. The molecule has 2 heteroatoms. The quantitative estimate of drug-likeness (QED) is 0.701. The summed E-state index contributed by atoms with van der Waals surface area (Å²) < 4.78 is 6.02. The molecular formula is C16H29NO. The summed E-state index contributed by atoms with van der Waals surface area (Å²) in [7, 11) is 0. The Hall–Kier alpha value is -0.0800. The van der Waals surface area contributed by atoms with E-state index in [1.165, 1.54) is 51.4 Å². The van der Waals surface area contributed by atoms with Gasteiger partial charge in [0.15, 0.2) is 0 Å². The second-order valence-corrected chi connectivity index (χ2v) is 6.91. The van der Waals surface area contributed by atoms with Gasteiger partial charge in [-0.05, 0) is 69.1 Å². The van der Waals surface area contributed by atoms with Crippen molar-refractivity contribution in [3.63, 3.8) is 0 Å². The van der Waals surface area contributed by atoms with Crippen LogP contribution in [0.1, 0.15) is 58.3 Å². The molecule has 1 N–H and O–H groups in total. The number of rotatable bonds is 7. The van der Waals surface area contributed by atoms with Crippen molar-refractivity contribution in [3.05, 3.63) is 0 Å². The Labute approximate surface area is 112 Å². The third kappa shape index (κ3) is 3.71. The number of ether oxygens (including phenoxy) is 1. The molecule has 3 rings (SSSR count). The molecule has 0 spiro atoms. The summed E-state index contributed by atoms with van der Waals surface area (Å²) in [6, 6.07) is 0.833. The zero-order valence-corrected chi connectivity index (χ0v) is 11.9. The molecule has 0 aromatic heterocycles. The third-order valence-electron chi connectivity index (χ3n) is 5.06. The highest BCUT2D eigenvalue weighted by Gasteiger charge is 2.40. The topological polar surface area (TPSA) is 21.3 Å². The van der Waals surface area contributed by atoms with E-state index in [1.54, 1.807) is 0 Å². The first-order chi connectivity index (χ1) is 8.83. The molecule has 0 radical (unpaired) electrons. The van der Waals surface area contributed by atoms with Gasteiger partial charge in [-0.2, -0.15) is 0 Å². The van der Waals surface area contributed by atoms with Crippen LogP contribution in [0.2, 0.25) is 0 Å². The molecular weight excluding hydrogens is 222 g/mol. The summed E-state index contributed by atoms with van der Waals surface area (Å²) in [5.41, 5.74) is 0. The number of hydrogen-bond donors (Lipinski definition) is 1. The summed E-state index contributed by atoms with van der Waals surface area (Å²) in [6.07, 6.45) is 11.7. The van der Waals surface area contributed by atoms with Crippen molar-refractivity contribution in [2.24, 2.45) is 17.8 Å². The Morgan fingerprint density at radius 1 is 0.944 bits per heavy atom. The molecule has 18 heavy (non-hydrogen) atoms. The van der Waals surface area contributed by atoms with Gasteiger partial charge < -0.3 is 10.1 Å². The molecule has 0 amide bonds. The van der Waals surface area contributed by atoms with Crippen LogP contribution in [0.5, 0.6) is 0 Å². The minimum absolute atomic E-state index is 0.559. The first-order valence-corrected chi connectivity index (χ1v) is 8.18. The molecule has 3 fully saturated rings. The number of hydrogen-bond acceptors (Lipinski definition) is 2. The Morgan fingerprint density at radius 2 is 1.56 bits per heavy atom. The van der Waals surface area contributed by atoms with Crippen LogP contribution in [-0.4, -0.2) is 25.3 Å². The van der Waals surface area contributed by atoms with Crippen molar-refractivity contribution in [1.82, 2.24) is 5.32 Å². The standard InChI is InChI=1S/C16H29NO/c1-12-2-8-15(9-3-12)18-11-10-17-16(13-4-5-13)14-6-7-14/h12-17H,2-11H2,1H3. The highest BCUT2D eigenvalue weighted by molar-refractivity contribution is 4.96. The summed E-state index contributed by atoms with van der Waals surface area (Å²) in [4.78, 5) is 0. The maximum atomic E-state index is 6.02. The molecule has 2 nitrogen and oxygen atoms in total. The van der Waals surface area contributed by atoms with Crippen molar-refractivity contribution in [1.29, 1.82) is 0 Å². The molecule has 3 aliphatic carbocycles. The van der Waals surface area contributed by atoms with E-state index in [4.69, 9.17) is 4.74 Å². The van der Waals surface area contributed by atoms with Crippen molar-refractivity contribution >= 4 is 0 Å². The van der Waals surface area contributed by atoms with Gasteiger partial charge in [-0.1, -0.05) is 6.92 Å². The lowest BCUT2D eigenvalue weighted by Gasteiger charge is -2.26. The highest BCUT2D eigenvalue weighted by Crippen LogP contribution is 2.44. The molecule has 0 atom stereocenters. The normalized spacial score (nSPS) is 33.0. The average Bonchev–Trinajstić information content (AvgIpc) is 3.25. The van der Waals surface area contributed by atoms with Gasteiger partial charge in [-0.3, -0.25) is 0 Å². The molecule has 0 saturated heterocycles. The maximum Gasteiger partial charge on any atom is 0.0594 e. The first kappa shape index (κ1) is 12.9. The average molecular weight is 251 g/mol. The fourth-order valence-corrected chi connectivity index (χ4v) is 3.48.